The maximum absolute atomic E-state index is 11.9. The summed E-state index contributed by atoms with van der Waals surface area (Å²) in [5, 5.41) is 10.3. The van der Waals surface area contributed by atoms with Crippen molar-refractivity contribution in [2.24, 2.45) is 5.73 Å². The van der Waals surface area contributed by atoms with Crippen LogP contribution in [-0.2, 0) is 9.59 Å². The number of rotatable bonds is 2. The van der Waals surface area contributed by atoms with Crippen LogP contribution in [0.5, 0.6) is 0 Å². The molecule has 3 N–H and O–H groups in total. The Balaban J connectivity index is 1.83. The van der Waals surface area contributed by atoms with E-state index in [1.54, 1.807) is 25.4 Å². The second kappa shape index (κ2) is 6.46. The molecular weight excluding hydrogens is 409 g/mol. The van der Waals surface area contributed by atoms with Crippen molar-refractivity contribution in [3.63, 3.8) is 0 Å². The number of aromatic nitrogens is 1. The number of carbonyl (C=O) groups is 2. The number of likely N-dealkylation sites (tertiary alicyclic amines) is 1. The van der Waals surface area contributed by atoms with E-state index in [0.717, 1.165) is 3.45 Å². The van der Waals surface area contributed by atoms with Crippen LogP contribution in [0.2, 0.25) is 0 Å². The number of amides is 2. The zero-order valence-electron chi connectivity index (χ0n) is 13.2. The molecule has 0 unspecified atom stereocenters. The first kappa shape index (κ1) is 16.8. The third kappa shape index (κ3) is 3.25. The Bertz CT molecular complexity index is 837. The van der Waals surface area contributed by atoms with Gasteiger partial charge >= 0.3 is 148 Å². The Morgan fingerprint density at radius 3 is 2.96 bits per heavy atom. The predicted molar refractivity (Wildman–Crippen MR) is 90.1 cm³/mol. The van der Waals surface area contributed by atoms with Crippen LogP contribution in [0.4, 0.5) is 0 Å². The number of hydrogen-bond acceptors (Lipinski definition) is 4. The van der Waals surface area contributed by atoms with Gasteiger partial charge in [-0.2, -0.15) is 0 Å². The van der Waals surface area contributed by atoms with Crippen molar-refractivity contribution >= 4 is 36.7 Å². The minimum atomic E-state index is -2.40. The van der Waals surface area contributed by atoms with E-state index in [4.69, 9.17) is 5.73 Å². The molecule has 0 bridgehead atoms. The van der Waals surface area contributed by atoms with Gasteiger partial charge in [0.25, 0.3) is 0 Å². The molecule has 6 nitrogen and oxygen atoms in total. The van der Waals surface area contributed by atoms with Crippen LogP contribution in [0, 0.1) is 11.8 Å². The van der Waals surface area contributed by atoms with E-state index in [1.165, 1.54) is 4.90 Å². The second-order valence-corrected chi connectivity index (χ2v) is 12.7. The molecule has 0 aromatic carbocycles. The van der Waals surface area contributed by atoms with E-state index < -0.39 is 32.9 Å². The van der Waals surface area contributed by atoms with Gasteiger partial charge in [-0.25, -0.2) is 0 Å². The van der Waals surface area contributed by atoms with Crippen molar-refractivity contribution < 1.29 is 14.7 Å². The Kier molecular flexibility index (Phi) is 4.52. The fourth-order valence-electron chi connectivity index (χ4n) is 2.71. The van der Waals surface area contributed by atoms with Gasteiger partial charge in [-0.15, -0.1) is 0 Å². The van der Waals surface area contributed by atoms with Gasteiger partial charge < -0.3 is 0 Å². The number of carbonyl (C=O) groups excluding carboxylic acids is 2. The Hall–Kier alpha value is -2.04. The van der Waals surface area contributed by atoms with Crippen molar-refractivity contribution in [3.8, 4) is 11.8 Å². The van der Waals surface area contributed by atoms with Crippen LogP contribution in [0.1, 0.15) is 12.0 Å². The molecule has 1 aromatic heterocycles. The minimum absolute atomic E-state index is 0.308. The third-order valence-corrected chi connectivity index (χ3v) is 10.8. The monoisotopic (exact) mass is 425 g/mol. The first-order valence-electron chi connectivity index (χ1n) is 7.56. The quantitative estimate of drug-likeness (QED) is 0.582. The normalized spacial score (nSPS) is 22.4. The molecule has 120 valence electrons. The predicted octanol–water partition coefficient (Wildman–Crippen LogP) is -1.21. The van der Waals surface area contributed by atoms with E-state index in [-0.39, 0.29) is 5.91 Å². The Labute approximate surface area is 147 Å². The molecule has 24 heavy (non-hydrogen) atoms. The molecule has 0 radical (unpaired) electrons. The van der Waals surface area contributed by atoms with Crippen LogP contribution in [0.3, 0.4) is 0 Å². The van der Waals surface area contributed by atoms with Gasteiger partial charge in [0.1, 0.15) is 0 Å². The van der Waals surface area contributed by atoms with Gasteiger partial charge in [0.2, 0.25) is 0 Å². The standard InChI is InChI=1S/C12H11N2O2.C5H5NO.In/c1-14-9-6-12(16,11(14)15)5-2-10-3-7-13-8-4-10;1-3-4(2)5(6)7;/h3-4,7,16H,6,9H2,1H3;1-3H,(H2,6,7);/t12-;;/m0../s1. The third-order valence-electron chi connectivity index (χ3n) is 4.17. The fourth-order valence-corrected chi connectivity index (χ4v) is 8.95. The summed E-state index contributed by atoms with van der Waals surface area (Å²) in [6.45, 7) is 0.496. The van der Waals surface area contributed by atoms with E-state index in [9.17, 15) is 14.7 Å². The fraction of sp³-hybridized carbons (Fsp3) is 0.235. The molecule has 1 saturated heterocycles. The maximum atomic E-state index is 11.9. The van der Waals surface area contributed by atoms with Gasteiger partial charge in [0.05, 0.1) is 0 Å². The zero-order chi connectivity index (χ0) is 17.3. The molecule has 1 atom stereocenters. The van der Waals surface area contributed by atoms with Crippen molar-refractivity contribution in [2.75, 3.05) is 13.6 Å². The number of hydrogen-bond donors (Lipinski definition) is 2. The number of pyridine rings is 1. The molecule has 0 spiro atoms. The van der Waals surface area contributed by atoms with Crippen molar-refractivity contribution in [1.82, 2.24) is 9.88 Å². The van der Waals surface area contributed by atoms with E-state index >= 15 is 0 Å². The summed E-state index contributed by atoms with van der Waals surface area (Å²) in [4.78, 5) is 29.0. The molecule has 2 aliphatic rings. The molecule has 0 saturated carbocycles. The summed E-state index contributed by atoms with van der Waals surface area (Å²) in [5.41, 5.74) is 4.93. The van der Waals surface area contributed by atoms with Crippen molar-refractivity contribution in [2.45, 2.75) is 12.0 Å². The van der Waals surface area contributed by atoms with E-state index in [2.05, 4.69) is 16.8 Å². The molecule has 1 fully saturated rings. The first-order valence-corrected chi connectivity index (χ1v) is 13.0. The van der Waals surface area contributed by atoms with Gasteiger partial charge in [-0.3, -0.25) is 0 Å². The molecule has 2 aliphatic heterocycles. The summed E-state index contributed by atoms with van der Waals surface area (Å²) in [5.74, 6) is 4.80. The Morgan fingerprint density at radius 1 is 1.54 bits per heavy atom. The molecule has 7 heteroatoms. The van der Waals surface area contributed by atoms with Gasteiger partial charge in [-0.1, -0.05) is 0 Å². The molecule has 3 heterocycles. The van der Waals surface area contributed by atoms with E-state index in [1.807, 2.05) is 13.7 Å². The summed E-state index contributed by atoms with van der Waals surface area (Å²) < 4.78 is 4.93. The van der Waals surface area contributed by atoms with Crippen LogP contribution in [0.15, 0.2) is 37.6 Å². The molecule has 1 aromatic rings. The van der Waals surface area contributed by atoms with Crippen molar-refractivity contribution in [3.05, 3.63) is 43.2 Å². The van der Waals surface area contributed by atoms with Gasteiger partial charge in [0, 0.05) is 0 Å². The van der Waals surface area contributed by atoms with Crippen LogP contribution >= 0.6 is 0 Å². The Morgan fingerprint density at radius 2 is 2.33 bits per heavy atom. The number of nitrogens with two attached hydrogens (primary N) is 1. The van der Waals surface area contributed by atoms with Gasteiger partial charge in [-0.05, 0) is 0 Å². The summed E-state index contributed by atoms with van der Waals surface area (Å²) >= 11 is -2.40. The van der Waals surface area contributed by atoms with Crippen LogP contribution in [0.25, 0.3) is 0 Å². The average molecular weight is 425 g/mol. The summed E-state index contributed by atoms with van der Waals surface area (Å²) in [6.07, 6.45) is 3.73. The van der Waals surface area contributed by atoms with Crippen LogP contribution in [-0.4, -0.2) is 67.4 Å². The molecule has 0 aliphatic carbocycles. The number of nitrogens with zero attached hydrogens (tertiary/aromatic N) is 2. The zero-order valence-corrected chi connectivity index (χ0v) is 16.5. The molecule has 2 amide bonds. The topological polar surface area (TPSA) is 96.5 Å². The summed E-state index contributed by atoms with van der Waals surface area (Å²) in [6, 6.07) is 3.61. The van der Waals surface area contributed by atoms with E-state index in [0.29, 0.717) is 24.1 Å². The summed E-state index contributed by atoms with van der Waals surface area (Å²) in [7, 11) is 1.65. The average Bonchev–Trinajstić information content (AvgIpc) is 3.16. The SMILES string of the molecule is CN1CC[C@@](O)(C#Cc2ccn[c]([In]3[CH]=CC(C(N)=O)=[CH]3)c2)C1=O. The van der Waals surface area contributed by atoms with Crippen LogP contribution < -0.4 is 9.18 Å². The number of likely N-dealkylation sites (N-methyl/N-ethyl adjacent to an activating group) is 1. The molecule has 3 rings (SSSR count). The van der Waals surface area contributed by atoms with Gasteiger partial charge in [0.15, 0.2) is 0 Å². The van der Waals surface area contributed by atoms with Crippen molar-refractivity contribution in [1.29, 1.82) is 0 Å². The first-order chi connectivity index (χ1) is 11.4. The number of aliphatic hydroxyl groups is 1. The second-order valence-electron chi connectivity index (χ2n) is 5.93. The number of primary amides is 1. The molecular formula is C17H16InN3O3.